The molecule has 0 aromatic carbocycles. The number of rotatable bonds is 7. The van der Waals surface area contributed by atoms with Gasteiger partial charge >= 0.3 is 0 Å². The topological polar surface area (TPSA) is 74.6 Å². The van der Waals surface area contributed by atoms with E-state index in [1.54, 1.807) is 24.3 Å². The zero-order chi connectivity index (χ0) is 17.5. The number of hydrogen-bond donors (Lipinski definition) is 2. The van der Waals surface area contributed by atoms with E-state index in [-0.39, 0.29) is 17.6 Å². The summed E-state index contributed by atoms with van der Waals surface area (Å²) < 4.78 is 5.05. The van der Waals surface area contributed by atoms with Gasteiger partial charge in [0.15, 0.2) is 5.76 Å². The van der Waals surface area contributed by atoms with Crippen molar-refractivity contribution in [2.75, 3.05) is 31.5 Å². The van der Waals surface area contributed by atoms with Crippen LogP contribution in [0, 0.1) is 0 Å². The molecule has 2 aromatic rings. The monoisotopic (exact) mass is 361 g/mol. The first-order valence-corrected chi connectivity index (χ1v) is 9.49. The summed E-state index contributed by atoms with van der Waals surface area (Å²) in [4.78, 5) is 27.1. The van der Waals surface area contributed by atoms with Crippen molar-refractivity contribution in [2.45, 2.75) is 25.7 Å². The number of likely N-dealkylation sites (tertiary alicyclic amines) is 1. The predicted octanol–water partition coefficient (Wildman–Crippen LogP) is 3.20. The molecular formula is C18H23N3O3S. The van der Waals surface area contributed by atoms with Gasteiger partial charge in [-0.1, -0.05) is 6.42 Å². The van der Waals surface area contributed by atoms with Crippen molar-refractivity contribution < 1.29 is 14.0 Å². The van der Waals surface area contributed by atoms with E-state index in [0.717, 1.165) is 13.0 Å². The highest BCUT2D eigenvalue weighted by molar-refractivity contribution is 7.18. The van der Waals surface area contributed by atoms with Crippen molar-refractivity contribution >= 4 is 28.2 Å². The molecule has 0 unspecified atom stereocenters. The molecule has 1 saturated heterocycles. The number of anilines is 1. The Kier molecular flexibility index (Phi) is 6.25. The van der Waals surface area contributed by atoms with Gasteiger partial charge in [0.2, 0.25) is 0 Å². The molecule has 134 valence electrons. The van der Waals surface area contributed by atoms with Crippen LogP contribution in [0.2, 0.25) is 0 Å². The highest BCUT2D eigenvalue weighted by Gasteiger charge is 2.13. The molecule has 2 N–H and O–H groups in total. The minimum absolute atomic E-state index is 0.0952. The molecule has 7 heteroatoms. The number of amides is 2. The van der Waals surface area contributed by atoms with Crippen LogP contribution in [0.4, 0.5) is 5.00 Å². The van der Waals surface area contributed by atoms with Gasteiger partial charge in [0.25, 0.3) is 11.8 Å². The van der Waals surface area contributed by atoms with Crippen molar-refractivity contribution in [3.8, 4) is 0 Å². The lowest BCUT2D eigenvalue weighted by Gasteiger charge is -2.26. The van der Waals surface area contributed by atoms with Crippen LogP contribution in [0.1, 0.15) is 45.9 Å². The number of nitrogens with one attached hydrogen (secondary N) is 2. The van der Waals surface area contributed by atoms with E-state index in [1.807, 2.05) is 0 Å². The normalized spacial score (nSPS) is 15.0. The number of nitrogens with zero attached hydrogens (tertiary/aromatic N) is 1. The van der Waals surface area contributed by atoms with Crippen LogP contribution >= 0.6 is 11.3 Å². The summed E-state index contributed by atoms with van der Waals surface area (Å²) in [6.45, 7) is 4.06. The van der Waals surface area contributed by atoms with Crippen LogP contribution < -0.4 is 10.6 Å². The van der Waals surface area contributed by atoms with Crippen LogP contribution in [0.25, 0.3) is 0 Å². The Hall–Kier alpha value is -2.12. The van der Waals surface area contributed by atoms with E-state index in [0.29, 0.717) is 16.4 Å². The van der Waals surface area contributed by atoms with Gasteiger partial charge in [-0.15, -0.1) is 11.3 Å². The van der Waals surface area contributed by atoms with Gasteiger partial charge in [0.05, 0.1) is 16.1 Å². The fourth-order valence-electron chi connectivity index (χ4n) is 2.88. The van der Waals surface area contributed by atoms with E-state index in [4.69, 9.17) is 4.42 Å². The molecule has 3 heterocycles. The second-order valence-electron chi connectivity index (χ2n) is 6.11. The number of hydrogen-bond acceptors (Lipinski definition) is 5. The minimum atomic E-state index is -0.319. The van der Waals surface area contributed by atoms with Gasteiger partial charge < -0.3 is 20.0 Å². The molecule has 1 aliphatic heterocycles. The Morgan fingerprint density at radius 3 is 2.72 bits per heavy atom. The quantitative estimate of drug-likeness (QED) is 0.743. The van der Waals surface area contributed by atoms with E-state index in [9.17, 15) is 9.59 Å². The van der Waals surface area contributed by atoms with Crippen LogP contribution in [0.15, 0.2) is 34.9 Å². The fourth-order valence-corrected chi connectivity index (χ4v) is 3.70. The maximum Gasteiger partial charge on any atom is 0.291 e. The van der Waals surface area contributed by atoms with E-state index >= 15 is 0 Å². The Balaban J connectivity index is 1.40. The number of piperidine rings is 1. The highest BCUT2D eigenvalue weighted by atomic mass is 32.1. The Morgan fingerprint density at radius 1 is 1.12 bits per heavy atom. The third kappa shape index (κ3) is 5.17. The summed E-state index contributed by atoms with van der Waals surface area (Å²) in [6, 6.07) is 6.71. The second kappa shape index (κ2) is 8.82. The summed E-state index contributed by atoms with van der Waals surface area (Å²) in [6.07, 6.45) is 6.32. The molecule has 6 nitrogen and oxygen atoms in total. The molecule has 2 amide bonds. The number of carbonyl (C=O) groups is 2. The lowest BCUT2D eigenvalue weighted by atomic mass is 10.1. The lowest BCUT2D eigenvalue weighted by molar-refractivity contribution is 0.0953. The average Bonchev–Trinajstić information content (AvgIpc) is 3.31. The van der Waals surface area contributed by atoms with Gasteiger partial charge in [-0.2, -0.15) is 0 Å². The highest BCUT2D eigenvalue weighted by Crippen LogP contribution is 2.22. The van der Waals surface area contributed by atoms with Crippen molar-refractivity contribution in [2.24, 2.45) is 0 Å². The van der Waals surface area contributed by atoms with Gasteiger partial charge in [-0.3, -0.25) is 9.59 Å². The van der Waals surface area contributed by atoms with Crippen LogP contribution in [0.5, 0.6) is 0 Å². The van der Waals surface area contributed by atoms with Gasteiger partial charge in [-0.25, -0.2) is 0 Å². The van der Waals surface area contributed by atoms with Crippen molar-refractivity contribution in [1.29, 1.82) is 0 Å². The largest absolute Gasteiger partial charge is 0.459 e. The maximum absolute atomic E-state index is 12.2. The molecule has 1 fully saturated rings. The molecule has 0 saturated carbocycles. The lowest BCUT2D eigenvalue weighted by Crippen LogP contribution is -2.33. The first-order valence-electron chi connectivity index (χ1n) is 8.67. The summed E-state index contributed by atoms with van der Waals surface area (Å²) in [7, 11) is 0. The van der Waals surface area contributed by atoms with E-state index in [1.165, 1.54) is 50.0 Å². The van der Waals surface area contributed by atoms with E-state index in [2.05, 4.69) is 15.5 Å². The van der Waals surface area contributed by atoms with Crippen LogP contribution in [-0.4, -0.2) is 42.9 Å². The number of furan rings is 1. The third-order valence-corrected chi connectivity index (χ3v) is 5.20. The zero-order valence-electron chi connectivity index (χ0n) is 14.1. The predicted molar refractivity (Wildman–Crippen MR) is 98.2 cm³/mol. The van der Waals surface area contributed by atoms with Crippen molar-refractivity contribution in [1.82, 2.24) is 10.2 Å². The van der Waals surface area contributed by atoms with Gasteiger partial charge in [-0.05, 0) is 63.2 Å². The minimum Gasteiger partial charge on any atom is -0.459 e. The molecule has 0 radical (unpaired) electrons. The summed E-state index contributed by atoms with van der Waals surface area (Å²) in [5.74, 6) is -0.167. The van der Waals surface area contributed by atoms with Crippen LogP contribution in [-0.2, 0) is 0 Å². The average molecular weight is 361 g/mol. The first-order chi connectivity index (χ1) is 12.2. The fraction of sp³-hybridized carbons (Fsp3) is 0.444. The molecule has 0 spiro atoms. The van der Waals surface area contributed by atoms with Crippen molar-refractivity contribution in [3.05, 3.63) is 41.2 Å². The SMILES string of the molecule is O=C(Nc1ccc(C(=O)NCCCN2CCCCC2)s1)c1ccco1. The van der Waals surface area contributed by atoms with Gasteiger partial charge in [0, 0.05) is 6.54 Å². The second-order valence-corrected chi connectivity index (χ2v) is 7.19. The molecule has 3 rings (SSSR count). The molecule has 0 aliphatic carbocycles. The summed E-state index contributed by atoms with van der Waals surface area (Å²) in [5.41, 5.74) is 0. The Bertz CT molecular complexity index is 690. The summed E-state index contributed by atoms with van der Waals surface area (Å²) in [5, 5.41) is 6.30. The zero-order valence-corrected chi connectivity index (χ0v) is 14.9. The molecule has 1 aliphatic rings. The van der Waals surface area contributed by atoms with Crippen LogP contribution in [0.3, 0.4) is 0 Å². The molecule has 2 aromatic heterocycles. The molecule has 0 bridgehead atoms. The standard InChI is InChI=1S/C18H23N3O3S/c22-17(14-6-4-13-24-14)20-16-8-7-15(25-16)18(23)19-9-5-12-21-10-2-1-3-11-21/h4,6-8,13H,1-3,5,9-12H2,(H,19,23)(H,20,22). The van der Waals surface area contributed by atoms with Gasteiger partial charge in [0.1, 0.15) is 0 Å². The summed E-state index contributed by atoms with van der Waals surface area (Å²) >= 11 is 1.26. The number of thiophene rings is 1. The first kappa shape index (κ1) is 17.7. The number of carbonyl (C=O) groups excluding carboxylic acids is 2. The molecule has 0 atom stereocenters. The smallest absolute Gasteiger partial charge is 0.291 e. The van der Waals surface area contributed by atoms with Crippen molar-refractivity contribution in [3.63, 3.8) is 0 Å². The third-order valence-electron chi connectivity index (χ3n) is 4.20. The Morgan fingerprint density at radius 2 is 1.96 bits per heavy atom. The Labute approximate surface area is 151 Å². The van der Waals surface area contributed by atoms with E-state index < -0.39 is 0 Å². The maximum atomic E-state index is 12.2. The molecular weight excluding hydrogens is 338 g/mol. The molecule has 25 heavy (non-hydrogen) atoms.